The van der Waals surface area contributed by atoms with E-state index in [1.807, 2.05) is 0 Å². The number of rotatable bonds is 1. The average Bonchev–Trinajstić information content (AvgIpc) is 2.31. The van der Waals surface area contributed by atoms with Gasteiger partial charge < -0.3 is 9.84 Å². The molecule has 3 nitrogen and oxygen atoms in total. The maximum absolute atomic E-state index is 12.3. The van der Waals surface area contributed by atoms with E-state index in [9.17, 15) is 18.0 Å². The number of ether oxygens (including phenoxy) is 1. The van der Waals surface area contributed by atoms with Gasteiger partial charge in [-0.05, 0) is 19.8 Å². The maximum Gasteiger partial charge on any atom is 0.417 e. The van der Waals surface area contributed by atoms with Gasteiger partial charge in [0, 0.05) is 0 Å². The van der Waals surface area contributed by atoms with Crippen molar-refractivity contribution in [1.29, 1.82) is 0 Å². The summed E-state index contributed by atoms with van der Waals surface area (Å²) in [7, 11) is 0. The predicted octanol–water partition coefficient (Wildman–Crippen LogP) is 1.57. The van der Waals surface area contributed by atoms with Crippen molar-refractivity contribution in [3.63, 3.8) is 0 Å². The molecule has 13 heavy (non-hydrogen) atoms. The molecule has 0 aromatic heterocycles. The maximum atomic E-state index is 12.3. The molecule has 6 heteroatoms. The number of aliphatic carboxylic acids is 1. The van der Waals surface area contributed by atoms with Gasteiger partial charge in [-0.15, -0.1) is 0 Å². The number of carboxylic acids is 1. The Morgan fingerprint density at radius 2 is 2.15 bits per heavy atom. The molecule has 1 fully saturated rings. The van der Waals surface area contributed by atoms with Crippen molar-refractivity contribution < 1.29 is 27.8 Å². The minimum absolute atomic E-state index is 0.0919. The predicted molar refractivity (Wildman–Crippen MR) is 36.2 cm³/mol. The fraction of sp³-hybridized carbons (Fsp3) is 0.857. The smallest absolute Gasteiger partial charge is 0.417 e. The van der Waals surface area contributed by atoms with Crippen molar-refractivity contribution in [3.8, 4) is 0 Å². The third-order valence-corrected chi connectivity index (χ3v) is 2.16. The van der Waals surface area contributed by atoms with E-state index in [-0.39, 0.29) is 12.8 Å². The van der Waals surface area contributed by atoms with Gasteiger partial charge in [-0.25, -0.2) is 4.79 Å². The van der Waals surface area contributed by atoms with Crippen LogP contribution in [0.3, 0.4) is 0 Å². The van der Waals surface area contributed by atoms with Gasteiger partial charge in [0.15, 0.2) is 11.7 Å². The Kier molecular flexibility index (Phi) is 2.27. The second kappa shape index (κ2) is 2.87. The first kappa shape index (κ1) is 10.3. The summed E-state index contributed by atoms with van der Waals surface area (Å²) in [6, 6.07) is 0. The van der Waals surface area contributed by atoms with Gasteiger partial charge in [0.1, 0.15) is 0 Å². The summed E-state index contributed by atoms with van der Waals surface area (Å²) in [5.41, 5.74) is -2.30. The Bertz CT molecular complexity index is 226. The highest BCUT2D eigenvalue weighted by Crippen LogP contribution is 2.42. The van der Waals surface area contributed by atoms with Gasteiger partial charge in [-0.3, -0.25) is 0 Å². The molecule has 0 radical (unpaired) electrons. The first-order valence-corrected chi connectivity index (χ1v) is 3.73. The monoisotopic (exact) mass is 198 g/mol. The third-order valence-electron chi connectivity index (χ3n) is 2.16. The van der Waals surface area contributed by atoms with Crippen LogP contribution in [0.5, 0.6) is 0 Å². The summed E-state index contributed by atoms with van der Waals surface area (Å²) in [4.78, 5) is 10.3. The fourth-order valence-corrected chi connectivity index (χ4v) is 1.22. The van der Waals surface area contributed by atoms with Crippen LogP contribution in [0.25, 0.3) is 0 Å². The summed E-state index contributed by atoms with van der Waals surface area (Å²) >= 11 is 0. The molecule has 1 aliphatic rings. The molecule has 1 N–H and O–H groups in total. The highest BCUT2D eigenvalue weighted by molar-refractivity contribution is 5.72. The van der Waals surface area contributed by atoms with Crippen LogP contribution in [0.1, 0.15) is 19.8 Å². The quantitative estimate of drug-likeness (QED) is 0.695. The molecule has 2 unspecified atom stereocenters. The zero-order chi connectivity index (χ0) is 10.3. The molecule has 1 heterocycles. The first-order chi connectivity index (χ1) is 5.76. The van der Waals surface area contributed by atoms with Gasteiger partial charge in [0.2, 0.25) is 0 Å². The lowest BCUT2D eigenvalue weighted by Gasteiger charge is -2.26. The molecule has 0 spiro atoms. The van der Waals surface area contributed by atoms with Crippen LogP contribution >= 0.6 is 0 Å². The summed E-state index contributed by atoms with van der Waals surface area (Å²) in [6.07, 6.45) is -6.22. The lowest BCUT2D eigenvalue weighted by Crippen LogP contribution is -2.42. The highest BCUT2D eigenvalue weighted by atomic mass is 19.4. The van der Waals surface area contributed by atoms with Crippen molar-refractivity contribution in [1.82, 2.24) is 0 Å². The van der Waals surface area contributed by atoms with Crippen LogP contribution in [0.15, 0.2) is 0 Å². The molecule has 1 aliphatic heterocycles. The standard InChI is InChI=1S/C7H9F3O3/c1-6(7(8,9)10)3-2-4(13-6)5(11)12/h4H,2-3H2,1H3,(H,11,12). The molecule has 1 saturated heterocycles. The van der Waals surface area contributed by atoms with Gasteiger partial charge in [0.05, 0.1) is 0 Å². The van der Waals surface area contributed by atoms with Crippen molar-refractivity contribution in [2.24, 2.45) is 0 Å². The number of hydrogen-bond donors (Lipinski definition) is 1. The van der Waals surface area contributed by atoms with Gasteiger partial charge in [0.25, 0.3) is 0 Å². The van der Waals surface area contributed by atoms with Crippen molar-refractivity contribution in [2.45, 2.75) is 37.6 Å². The van der Waals surface area contributed by atoms with E-state index in [1.165, 1.54) is 0 Å². The summed E-state index contributed by atoms with van der Waals surface area (Å²) in [5.74, 6) is -1.34. The molecule has 0 aromatic rings. The lowest BCUT2D eigenvalue weighted by molar-refractivity contribution is -0.263. The number of hydrogen-bond acceptors (Lipinski definition) is 2. The van der Waals surface area contributed by atoms with E-state index in [0.717, 1.165) is 6.92 Å². The zero-order valence-corrected chi connectivity index (χ0v) is 6.89. The van der Waals surface area contributed by atoms with E-state index in [0.29, 0.717) is 0 Å². The molecule has 1 rings (SSSR count). The molecule has 0 saturated carbocycles. The number of alkyl halides is 3. The normalized spacial score (nSPS) is 34.9. The van der Waals surface area contributed by atoms with E-state index in [4.69, 9.17) is 5.11 Å². The number of carbonyl (C=O) groups is 1. The molecule has 76 valence electrons. The van der Waals surface area contributed by atoms with Gasteiger partial charge in [-0.1, -0.05) is 0 Å². The van der Waals surface area contributed by atoms with E-state index >= 15 is 0 Å². The van der Waals surface area contributed by atoms with E-state index in [1.54, 1.807) is 0 Å². The van der Waals surface area contributed by atoms with Crippen molar-refractivity contribution in [3.05, 3.63) is 0 Å². The minimum atomic E-state index is -4.50. The second-order valence-electron chi connectivity index (χ2n) is 3.21. The molecule has 0 aromatic carbocycles. The van der Waals surface area contributed by atoms with E-state index < -0.39 is 23.9 Å². The Balaban J connectivity index is 2.72. The Labute approximate surface area is 72.5 Å². The van der Waals surface area contributed by atoms with Gasteiger partial charge >= 0.3 is 12.1 Å². The molecule has 0 aliphatic carbocycles. The van der Waals surface area contributed by atoms with Crippen LogP contribution in [-0.2, 0) is 9.53 Å². The average molecular weight is 198 g/mol. The third kappa shape index (κ3) is 1.77. The second-order valence-corrected chi connectivity index (χ2v) is 3.21. The summed E-state index contributed by atoms with van der Waals surface area (Å²) in [6.45, 7) is 0.871. The number of halogens is 3. The molecular weight excluding hydrogens is 189 g/mol. The van der Waals surface area contributed by atoms with Crippen LogP contribution in [-0.4, -0.2) is 29.0 Å². The van der Waals surface area contributed by atoms with Crippen LogP contribution in [0.2, 0.25) is 0 Å². The first-order valence-electron chi connectivity index (χ1n) is 3.73. The molecule has 0 bridgehead atoms. The number of carboxylic acid groups (broad SMARTS) is 1. The highest BCUT2D eigenvalue weighted by Gasteiger charge is 2.57. The zero-order valence-electron chi connectivity index (χ0n) is 6.89. The van der Waals surface area contributed by atoms with Gasteiger partial charge in [-0.2, -0.15) is 13.2 Å². The molecule has 2 atom stereocenters. The van der Waals surface area contributed by atoms with Crippen LogP contribution < -0.4 is 0 Å². The Morgan fingerprint density at radius 1 is 1.62 bits per heavy atom. The Morgan fingerprint density at radius 3 is 2.38 bits per heavy atom. The van der Waals surface area contributed by atoms with Crippen LogP contribution in [0, 0.1) is 0 Å². The Hall–Kier alpha value is -0.780. The largest absolute Gasteiger partial charge is 0.479 e. The van der Waals surface area contributed by atoms with Crippen LogP contribution in [0.4, 0.5) is 13.2 Å². The van der Waals surface area contributed by atoms with Crippen molar-refractivity contribution in [2.75, 3.05) is 0 Å². The molecule has 0 amide bonds. The lowest BCUT2D eigenvalue weighted by atomic mass is 10.0. The summed E-state index contributed by atoms with van der Waals surface area (Å²) in [5, 5.41) is 8.42. The van der Waals surface area contributed by atoms with E-state index in [2.05, 4.69) is 4.74 Å². The SMILES string of the molecule is CC1(C(F)(F)F)CCC(C(=O)O)O1. The fourth-order valence-electron chi connectivity index (χ4n) is 1.22. The molecular formula is C7H9F3O3. The topological polar surface area (TPSA) is 46.5 Å². The summed E-state index contributed by atoms with van der Waals surface area (Å²) < 4.78 is 41.2. The minimum Gasteiger partial charge on any atom is -0.479 e. The van der Waals surface area contributed by atoms with Crippen molar-refractivity contribution >= 4 is 5.97 Å².